The van der Waals surface area contributed by atoms with Gasteiger partial charge in [0.25, 0.3) is 0 Å². The number of hydrogen-bond acceptors (Lipinski definition) is 4. The van der Waals surface area contributed by atoms with Crippen LogP contribution in [0.4, 0.5) is 5.69 Å². The minimum absolute atomic E-state index is 0.148. The average Bonchev–Trinajstić information content (AvgIpc) is 2.33. The predicted molar refractivity (Wildman–Crippen MR) is 76.1 cm³/mol. The largest absolute Gasteiger partial charge is 0.504 e. The van der Waals surface area contributed by atoms with Gasteiger partial charge in [0.2, 0.25) is 0 Å². The van der Waals surface area contributed by atoms with Crippen molar-refractivity contribution in [1.82, 2.24) is 4.98 Å². The summed E-state index contributed by atoms with van der Waals surface area (Å²) in [7, 11) is 0. The van der Waals surface area contributed by atoms with Crippen LogP contribution in [0.5, 0.6) is 11.5 Å². The van der Waals surface area contributed by atoms with Crippen molar-refractivity contribution in [1.29, 1.82) is 0 Å². The van der Waals surface area contributed by atoms with Crippen LogP contribution in [0.3, 0.4) is 0 Å². The van der Waals surface area contributed by atoms with Gasteiger partial charge < -0.3 is 15.5 Å². The quantitative estimate of drug-likeness (QED) is 0.597. The van der Waals surface area contributed by atoms with Crippen LogP contribution in [0.2, 0.25) is 10.3 Å². The van der Waals surface area contributed by atoms with E-state index in [1.165, 1.54) is 6.07 Å². The van der Waals surface area contributed by atoms with Crippen molar-refractivity contribution >= 4 is 28.9 Å². The summed E-state index contributed by atoms with van der Waals surface area (Å²) < 4.78 is 0. The molecule has 0 saturated carbocycles. The number of halogens is 2. The zero-order valence-electron chi connectivity index (χ0n) is 10.1. The minimum Gasteiger partial charge on any atom is -0.504 e. The molecule has 0 radical (unpaired) electrons. The summed E-state index contributed by atoms with van der Waals surface area (Å²) >= 11 is 11.8. The summed E-state index contributed by atoms with van der Waals surface area (Å²) in [5.74, 6) is -0.304. The number of aromatic hydroxyl groups is 2. The van der Waals surface area contributed by atoms with E-state index in [4.69, 9.17) is 23.2 Å². The van der Waals surface area contributed by atoms with E-state index >= 15 is 0 Å². The Balaban J connectivity index is 2.22. The van der Waals surface area contributed by atoms with E-state index in [1.807, 2.05) is 6.92 Å². The normalized spacial score (nSPS) is 10.5. The van der Waals surface area contributed by atoms with Gasteiger partial charge >= 0.3 is 0 Å². The first kappa shape index (κ1) is 13.8. The second-order valence-electron chi connectivity index (χ2n) is 4.07. The Hall–Kier alpha value is -1.65. The summed E-state index contributed by atoms with van der Waals surface area (Å²) in [6, 6.07) is 6.47. The molecule has 0 atom stereocenters. The van der Waals surface area contributed by atoms with Crippen molar-refractivity contribution in [2.24, 2.45) is 0 Å². The molecule has 0 unspecified atom stereocenters. The SMILES string of the molecule is Cc1cc(Cl)nc(Cl)c1NCc1cccc(O)c1O. The molecule has 19 heavy (non-hydrogen) atoms. The number of phenols is 2. The maximum absolute atomic E-state index is 9.70. The molecule has 0 aliphatic carbocycles. The molecule has 0 spiro atoms. The molecule has 1 aromatic heterocycles. The Kier molecular flexibility index (Phi) is 4.02. The van der Waals surface area contributed by atoms with E-state index in [9.17, 15) is 10.2 Å². The van der Waals surface area contributed by atoms with Crippen molar-refractivity contribution in [3.8, 4) is 11.5 Å². The highest BCUT2D eigenvalue weighted by molar-refractivity contribution is 6.34. The lowest BCUT2D eigenvalue weighted by molar-refractivity contribution is 0.400. The summed E-state index contributed by atoms with van der Waals surface area (Å²) in [5, 5.41) is 22.8. The lowest BCUT2D eigenvalue weighted by Gasteiger charge is -2.12. The molecule has 0 aliphatic rings. The maximum Gasteiger partial charge on any atom is 0.162 e. The van der Waals surface area contributed by atoms with Crippen molar-refractivity contribution < 1.29 is 10.2 Å². The summed E-state index contributed by atoms with van der Waals surface area (Å²) in [4.78, 5) is 3.94. The Morgan fingerprint density at radius 3 is 2.68 bits per heavy atom. The number of benzene rings is 1. The van der Waals surface area contributed by atoms with Crippen LogP contribution >= 0.6 is 23.2 Å². The highest BCUT2D eigenvalue weighted by Gasteiger charge is 2.10. The first-order chi connectivity index (χ1) is 8.99. The number of aryl methyl sites for hydroxylation is 1. The lowest BCUT2D eigenvalue weighted by atomic mass is 10.1. The average molecular weight is 299 g/mol. The summed E-state index contributed by atoms with van der Waals surface area (Å²) in [6.45, 7) is 2.16. The smallest absolute Gasteiger partial charge is 0.162 e. The molecule has 4 nitrogen and oxygen atoms in total. The van der Waals surface area contributed by atoms with Crippen LogP contribution in [0, 0.1) is 6.92 Å². The van der Waals surface area contributed by atoms with E-state index < -0.39 is 0 Å². The van der Waals surface area contributed by atoms with Crippen molar-refractivity contribution in [3.05, 3.63) is 45.7 Å². The van der Waals surface area contributed by atoms with Crippen LogP contribution in [-0.2, 0) is 6.54 Å². The number of aromatic nitrogens is 1. The van der Waals surface area contributed by atoms with Crippen LogP contribution in [0.1, 0.15) is 11.1 Å². The molecule has 0 fully saturated rings. The van der Waals surface area contributed by atoms with Crippen molar-refractivity contribution in [2.75, 3.05) is 5.32 Å². The Morgan fingerprint density at radius 2 is 2.00 bits per heavy atom. The van der Waals surface area contributed by atoms with Gasteiger partial charge in [0.05, 0.1) is 5.69 Å². The van der Waals surface area contributed by atoms with Crippen LogP contribution in [0.25, 0.3) is 0 Å². The predicted octanol–water partition coefficient (Wildman–Crippen LogP) is 3.72. The molecule has 0 saturated heterocycles. The Labute approximate surface area is 120 Å². The second kappa shape index (κ2) is 5.55. The fourth-order valence-corrected chi connectivity index (χ4v) is 2.31. The standard InChI is InChI=1S/C13H12Cl2N2O2/c1-7-5-10(14)17-13(15)11(7)16-6-8-3-2-4-9(18)12(8)19/h2-5,16,18-19H,6H2,1H3. The lowest BCUT2D eigenvalue weighted by Crippen LogP contribution is -2.03. The fraction of sp³-hybridized carbons (Fsp3) is 0.154. The van der Waals surface area contributed by atoms with Gasteiger partial charge in [-0.3, -0.25) is 0 Å². The molecule has 3 N–H and O–H groups in total. The molecule has 0 amide bonds. The van der Waals surface area contributed by atoms with Crippen LogP contribution in [0.15, 0.2) is 24.3 Å². The third-order valence-corrected chi connectivity index (χ3v) is 3.16. The Morgan fingerprint density at radius 1 is 1.26 bits per heavy atom. The molecule has 100 valence electrons. The zero-order valence-corrected chi connectivity index (χ0v) is 11.6. The molecule has 0 aliphatic heterocycles. The number of para-hydroxylation sites is 1. The first-order valence-electron chi connectivity index (χ1n) is 5.55. The Bertz CT molecular complexity index is 595. The first-order valence-corrected chi connectivity index (χ1v) is 6.31. The zero-order chi connectivity index (χ0) is 14.0. The topological polar surface area (TPSA) is 65.4 Å². The van der Waals surface area contributed by atoms with Crippen molar-refractivity contribution in [2.45, 2.75) is 13.5 Å². The number of anilines is 1. The molecule has 1 aromatic carbocycles. The van der Waals surface area contributed by atoms with Gasteiger partial charge in [-0.2, -0.15) is 0 Å². The maximum atomic E-state index is 9.70. The molecule has 2 aromatic rings. The van der Waals surface area contributed by atoms with Crippen LogP contribution < -0.4 is 5.32 Å². The monoisotopic (exact) mass is 298 g/mol. The second-order valence-corrected chi connectivity index (χ2v) is 4.81. The summed E-state index contributed by atoms with van der Waals surface area (Å²) in [6.07, 6.45) is 0. The highest BCUT2D eigenvalue weighted by Crippen LogP contribution is 2.31. The van der Waals surface area contributed by atoms with Gasteiger partial charge in [0, 0.05) is 12.1 Å². The van der Waals surface area contributed by atoms with Gasteiger partial charge in [0.1, 0.15) is 5.15 Å². The fourth-order valence-electron chi connectivity index (χ4n) is 1.71. The molecule has 6 heteroatoms. The van der Waals surface area contributed by atoms with Crippen LogP contribution in [-0.4, -0.2) is 15.2 Å². The van der Waals surface area contributed by atoms with E-state index in [0.29, 0.717) is 22.9 Å². The molecular formula is C13H12Cl2N2O2. The number of rotatable bonds is 3. The van der Waals surface area contributed by atoms with Gasteiger partial charge in [-0.25, -0.2) is 4.98 Å². The van der Waals surface area contributed by atoms with E-state index in [0.717, 1.165) is 5.56 Å². The third kappa shape index (κ3) is 3.03. The third-order valence-electron chi connectivity index (χ3n) is 2.70. The molecule has 0 bridgehead atoms. The number of nitrogens with one attached hydrogen (secondary N) is 1. The number of pyridine rings is 1. The number of phenolic OH excluding ortho intramolecular Hbond substituents is 2. The van der Waals surface area contributed by atoms with E-state index in [1.54, 1.807) is 18.2 Å². The summed E-state index contributed by atoms with van der Waals surface area (Å²) in [5.41, 5.74) is 2.06. The molecule has 2 rings (SSSR count). The van der Waals surface area contributed by atoms with E-state index in [-0.39, 0.29) is 16.7 Å². The van der Waals surface area contributed by atoms with E-state index in [2.05, 4.69) is 10.3 Å². The minimum atomic E-state index is -0.156. The van der Waals surface area contributed by atoms with Gasteiger partial charge in [0.15, 0.2) is 16.7 Å². The van der Waals surface area contributed by atoms with Gasteiger partial charge in [-0.05, 0) is 24.6 Å². The molecular weight excluding hydrogens is 287 g/mol. The molecule has 1 heterocycles. The number of nitrogens with zero attached hydrogens (tertiary/aromatic N) is 1. The van der Waals surface area contributed by atoms with Gasteiger partial charge in [-0.1, -0.05) is 35.3 Å². The van der Waals surface area contributed by atoms with Crippen molar-refractivity contribution in [3.63, 3.8) is 0 Å². The van der Waals surface area contributed by atoms with Gasteiger partial charge in [-0.15, -0.1) is 0 Å². The highest BCUT2D eigenvalue weighted by atomic mass is 35.5. The number of hydrogen-bond donors (Lipinski definition) is 3.